The van der Waals surface area contributed by atoms with Gasteiger partial charge < -0.3 is 15.3 Å². The number of benzene rings is 1. The second-order valence-corrected chi connectivity index (χ2v) is 5.54. The van der Waals surface area contributed by atoms with Crippen molar-refractivity contribution in [2.75, 3.05) is 13.6 Å². The predicted octanol–water partition coefficient (Wildman–Crippen LogP) is 1.91. The molecule has 4 heteroatoms. The third kappa shape index (κ3) is 3.26. The molecule has 0 saturated carbocycles. The molecule has 1 amide bonds. The molecule has 2 rings (SSSR count). The quantitative estimate of drug-likeness (QED) is 0.856. The summed E-state index contributed by atoms with van der Waals surface area (Å²) in [6.45, 7) is 5.07. The minimum atomic E-state index is -0.178. The van der Waals surface area contributed by atoms with Gasteiger partial charge in [0.15, 0.2) is 0 Å². The second-order valence-electron chi connectivity index (χ2n) is 5.54. The standard InChI is InChI=1S/C15H22N2O2/c1-10-4-5-14(18)13(8-10)15(19)16-12-6-7-17(3)11(2)9-12/h4-5,8,11-12,18H,6-7,9H2,1-3H3,(H,16,19). The van der Waals surface area contributed by atoms with Crippen molar-refractivity contribution < 1.29 is 9.90 Å². The predicted molar refractivity (Wildman–Crippen MR) is 75.4 cm³/mol. The highest BCUT2D eigenvalue weighted by Crippen LogP contribution is 2.20. The van der Waals surface area contributed by atoms with Crippen molar-refractivity contribution in [2.24, 2.45) is 0 Å². The van der Waals surface area contributed by atoms with E-state index in [0.717, 1.165) is 24.9 Å². The lowest BCUT2D eigenvalue weighted by atomic mass is 9.98. The van der Waals surface area contributed by atoms with Crippen LogP contribution in [0.15, 0.2) is 18.2 Å². The van der Waals surface area contributed by atoms with E-state index in [-0.39, 0.29) is 17.7 Å². The topological polar surface area (TPSA) is 52.6 Å². The van der Waals surface area contributed by atoms with Crippen LogP contribution >= 0.6 is 0 Å². The molecule has 2 N–H and O–H groups in total. The summed E-state index contributed by atoms with van der Waals surface area (Å²) in [6.07, 6.45) is 1.91. The van der Waals surface area contributed by atoms with Crippen LogP contribution in [0, 0.1) is 6.92 Å². The molecule has 1 aliphatic rings. The molecular formula is C15H22N2O2. The maximum atomic E-state index is 12.2. The maximum absolute atomic E-state index is 12.2. The van der Waals surface area contributed by atoms with Crippen LogP contribution in [0.1, 0.15) is 35.7 Å². The molecule has 1 aromatic carbocycles. The molecule has 0 aromatic heterocycles. The molecule has 0 bridgehead atoms. The Morgan fingerprint density at radius 2 is 2.21 bits per heavy atom. The molecule has 1 saturated heterocycles. The van der Waals surface area contributed by atoms with E-state index in [1.807, 2.05) is 6.92 Å². The van der Waals surface area contributed by atoms with Gasteiger partial charge in [0.05, 0.1) is 5.56 Å². The number of nitrogens with zero attached hydrogens (tertiary/aromatic N) is 1. The Kier molecular flexibility index (Phi) is 4.10. The van der Waals surface area contributed by atoms with E-state index < -0.39 is 0 Å². The number of piperidine rings is 1. The molecule has 1 aromatic rings. The van der Waals surface area contributed by atoms with Gasteiger partial charge in [0, 0.05) is 18.6 Å². The first kappa shape index (κ1) is 13.9. The molecule has 4 nitrogen and oxygen atoms in total. The number of nitrogens with one attached hydrogen (secondary N) is 1. The van der Waals surface area contributed by atoms with E-state index in [0.29, 0.717) is 11.6 Å². The van der Waals surface area contributed by atoms with Crippen molar-refractivity contribution in [3.05, 3.63) is 29.3 Å². The monoisotopic (exact) mass is 262 g/mol. The first-order valence-electron chi connectivity index (χ1n) is 6.78. The molecule has 1 fully saturated rings. The molecule has 2 unspecified atom stereocenters. The van der Waals surface area contributed by atoms with E-state index in [2.05, 4.69) is 24.2 Å². The lowest BCUT2D eigenvalue weighted by Crippen LogP contribution is -2.47. The van der Waals surface area contributed by atoms with Crippen molar-refractivity contribution >= 4 is 5.91 Å². The van der Waals surface area contributed by atoms with Crippen LogP contribution in [-0.2, 0) is 0 Å². The van der Waals surface area contributed by atoms with Gasteiger partial charge in [0.2, 0.25) is 0 Å². The molecule has 0 spiro atoms. The number of rotatable bonds is 2. The van der Waals surface area contributed by atoms with Gasteiger partial charge in [0.1, 0.15) is 5.75 Å². The van der Waals surface area contributed by atoms with Gasteiger partial charge in [-0.05, 0) is 45.9 Å². The number of hydrogen-bond donors (Lipinski definition) is 2. The van der Waals surface area contributed by atoms with E-state index >= 15 is 0 Å². The highest BCUT2D eigenvalue weighted by atomic mass is 16.3. The lowest BCUT2D eigenvalue weighted by molar-refractivity contribution is 0.0894. The van der Waals surface area contributed by atoms with Crippen molar-refractivity contribution in [2.45, 2.75) is 38.8 Å². The van der Waals surface area contributed by atoms with E-state index in [1.54, 1.807) is 18.2 Å². The number of phenols is 1. The van der Waals surface area contributed by atoms with Crippen LogP contribution in [0.25, 0.3) is 0 Å². The Morgan fingerprint density at radius 3 is 2.89 bits per heavy atom. The van der Waals surface area contributed by atoms with Gasteiger partial charge in [-0.1, -0.05) is 11.6 Å². The molecule has 19 heavy (non-hydrogen) atoms. The number of hydrogen-bond acceptors (Lipinski definition) is 3. The SMILES string of the molecule is Cc1ccc(O)c(C(=O)NC2CCN(C)C(C)C2)c1. The van der Waals surface area contributed by atoms with Crippen LogP contribution < -0.4 is 5.32 Å². The van der Waals surface area contributed by atoms with Gasteiger partial charge in [0.25, 0.3) is 5.91 Å². The van der Waals surface area contributed by atoms with Crippen LogP contribution in [-0.4, -0.2) is 41.6 Å². The van der Waals surface area contributed by atoms with E-state index in [4.69, 9.17) is 0 Å². The average Bonchev–Trinajstić information content (AvgIpc) is 2.36. The zero-order chi connectivity index (χ0) is 14.0. The zero-order valence-corrected chi connectivity index (χ0v) is 11.8. The minimum Gasteiger partial charge on any atom is -0.507 e. The van der Waals surface area contributed by atoms with Crippen molar-refractivity contribution in [3.8, 4) is 5.75 Å². The number of aromatic hydroxyl groups is 1. The number of carbonyl (C=O) groups is 1. The van der Waals surface area contributed by atoms with E-state index in [1.165, 1.54) is 0 Å². The van der Waals surface area contributed by atoms with E-state index in [9.17, 15) is 9.90 Å². The number of carbonyl (C=O) groups excluding carboxylic acids is 1. The van der Waals surface area contributed by atoms with Gasteiger partial charge in [-0.15, -0.1) is 0 Å². The smallest absolute Gasteiger partial charge is 0.255 e. The van der Waals surface area contributed by atoms with Gasteiger partial charge in [-0.2, -0.15) is 0 Å². The van der Waals surface area contributed by atoms with Gasteiger partial charge in [-0.25, -0.2) is 0 Å². The molecule has 104 valence electrons. The number of phenolic OH excluding ortho intramolecular Hbond substituents is 1. The molecule has 2 atom stereocenters. The summed E-state index contributed by atoms with van der Waals surface area (Å²) in [4.78, 5) is 14.5. The number of amides is 1. The molecule has 0 aliphatic carbocycles. The molecular weight excluding hydrogens is 240 g/mol. The third-order valence-corrected chi connectivity index (χ3v) is 3.94. The van der Waals surface area contributed by atoms with Crippen molar-refractivity contribution in [1.29, 1.82) is 0 Å². The Balaban J connectivity index is 2.03. The third-order valence-electron chi connectivity index (χ3n) is 3.94. The first-order valence-corrected chi connectivity index (χ1v) is 6.78. The highest BCUT2D eigenvalue weighted by Gasteiger charge is 2.24. The Bertz CT molecular complexity index is 473. The Hall–Kier alpha value is -1.55. The minimum absolute atomic E-state index is 0.0454. The number of aryl methyl sites for hydroxylation is 1. The first-order chi connectivity index (χ1) is 8.97. The van der Waals surface area contributed by atoms with Crippen LogP contribution in [0.5, 0.6) is 5.75 Å². The fraction of sp³-hybridized carbons (Fsp3) is 0.533. The molecule has 0 radical (unpaired) electrons. The average molecular weight is 262 g/mol. The largest absolute Gasteiger partial charge is 0.507 e. The highest BCUT2D eigenvalue weighted by molar-refractivity contribution is 5.97. The summed E-state index contributed by atoms with van der Waals surface area (Å²) in [7, 11) is 2.11. The van der Waals surface area contributed by atoms with Gasteiger partial charge in [-0.3, -0.25) is 4.79 Å². The van der Waals surface area contributed by atoms with Crippen LogP contribution in [0.3, 0.4) is 0 Å². The number of likely N-dealkylation sites (tertiary alicyclic amines) is 1. The summed E-state index contributed by atoms with van der Waals surface area (Å²) in [5.41, 5.74) is 1.34. The van der Waals surface area contributed by atoms with Crippen LogP contribution in [0.4, 0.5) is 0 Å². The fourth-order valence-electron chi connectivity index (χ4n) is 2.52. The van der Waals surface area contributed by atoms with Crippen LogP contribution in [0.2, 0.25) is 0 Å². The summed E-state index contributed by atoms with van der Waals surface area (Å²) < 4.78 is 0. The summed E-state index contributed by atoms with van der Waals surface area (Å²) in [5, 5.41) is 12.8. The second kappa shape index (κ2) is 5.61. The maximum Gasteiger partial charge on any atom is 0.255 e. The Morgan fingerprint density at radius 1 is 1.47 bits per heavy atom. The fourth-order valence-corrected chi connectivity index (χ4v) is 2.52. The van der Waals surface area contributed by atoms with Crippen molar-refractivity contribution in [3.63, 3.8) is 0 Å². The van der Waals surface area contributed by atoms with Crippen molar-refractivity contribution in [1.82, 2.24) is 10.2 Å². The van der Waals surface area contributed by atoms with Gasteiger partial charge >= 0.3 is 0 Å². The normalized spacial score (nSPS) is 24.2. The molecule has 1 aliphatic heterocycles. The lowest BCUT2D eigenvalue weighted by Gasteiger charge is -2.35. The Labute approximate surface area is 114 Å². The zero-order valence-electron chi connectivity index (χ0n) is 11.8. The summed E-state index contributed by atoms with van der Waals surface area (Å²) in [6, 6.07) is 5.76. The summed E-state index contributed by atoms with van der Waals surface area (Å²) >= 11 is 0. The molecule has 1 heterocycles. The summed E-state index contributed by atoms with van der Waals surface area (Å²) in [5.74, 6) is -0.132.